The third kappa shape index (κ3) is 2.93. The lowest BCUT2D eigenvalue weighted by Gasteiger charge is -2.31. The van der Waals surface area contributed by atoms with Gasteiger partial charge in [0.25, 0.3) is 0 Å². The molecule has 2 N–H and O–H groups in total. The highest BCUT2D eigenvalue weighted by molar-refractivity contribution is 4.80. The Morgan fingerprint density at radius 1 is 1.15 bits per heavy atom. The van der Waals surface area contributed by atoms with E-state index in [2.05, 4.69) is 10.6 Å². The average molecular weight is 184 g/mol. The molecule has 0 amide bonds. The topological polar surface area (TPSA) is 33.3 Å². The summed E-state index contributed by atoms with van der Waals surface area (Å²) in [4.78, 5) is 0. The number of hydrogen-bond donors (Lipinski definition) is 2. The highest BCUT2D eigenvalue weighted by atomic mass is 16.5. The molecule has 2 aliphatic heterocycles. The van der Waals surface area contributed by atoms with E-state index in [0.29, 0.717) is 12.1 Å². The second-order valence-corrected chi connectivity index (χ2v) is 4.12. The third-order valence-electron chi connectivity index (χ3n) is 2.93. The zero-order valence-corrected chi connectivity index (χ0v) is 8.22. The Kier molecular flexibility index (Phi) is 3.58. The van der Waals surface area contributed by atoms with E-state index in [1.54, 1.807) is 0 Å². The average Bonchev–Trinajstić information content (AvgIpc) is 2.21. The molecule has 3 heteroatoms. The van der Waals surface area contributed by atoms with Crippen molar-refractivity contribution in [2.45, 2.75) is 37.8 Å². The number of ether oxygens (including phenoxy) is 1. The Hall–Kier alpha value is -0.120. The fourth-order valence-electron chi connectivity index (χ4n) is 2.20. The zero-order valence-electron chi connectivity index (χ0n) is 8.22. The molecule has 2 saturated heterocycles. The Labute approximate surface area is 80.2 Å². The Bertz CT molecular complexity index is 124. The van der Waals surface area contributed by atoms with Crippen LogP contribution in [0.4, 0.5) is 0 Å². The molecule has 0 radical (unpaired) electrons. The summed E-state index contributed by atoms with van der Waals surface area (Å²) >= 11 is 0. The van der Waals surface area contributed by atoms with Crippen molar-refractivity contribution in [2.24, 2.45) is 0 Å². The van der Waals surface area contributed by atoms with E-state index < -0.39 is 0 Å². The molecule has 2 unspecified atom stereocenters. The van der Waals surface area contributed by atoms with Crippen molar-refractivity contribution in [3.05, 3.63) is 0 Å². The third-order valence-corrected chi connectivity index (χ3v) is 2.93. The van der Waals surface area contributed by atoms with Gasteiger partial charge in [-0.3, -0.25) is 0 Å². The molecule has 0 aromatic carbocycles. The summed E-state index contributed by atoms with van der Waals surface area (Å²) in [6.45, 7) is 4.20. The quantitative estimate of drug-likeness (QED) is 0.656. The predicted octanol–water partition coefficient (Wildman–Crippen LogP) is 0.507. The maximum Gasteiger partial charge on any atom is 0.0619 e. The molecule has 2 heterocycles. The highest BCUT2D eigenvalue weighted by Crippen LogP contribution is 2.09. The Morgan fingerprint density at radius 3 is 2.77 bits per heavy atom. The van der Waals surface area contributed by atoms with Gasteiger partial charge in [-0.1, -0.05) is 0 Å². The van der Waals surface area contributed by atoms with Crippen LogP contribution in [0.2, 0.25) is 0 Å². The molecule has 0 aromatic rings. The summed E-state index contributed by atoms with van der Waals surface area (Å²) in [5.74, 6) is 0. The van der Waals surface area contributed by atoms with Crippen molar-refractivity contribution in [3.63, 3.8) is 0 Å². The van der Waals surface area contributed by atoms with Gasteiger partial charge in [0.2, 0.25) is 0 Å². The van der Waals surface area contributed by atoms with E-state index in [9.17, 15) is 0 Å². The van der Waals surface area contributed by atoms with Crippen molar-refractivity contribution in [1.82, 2.24) is 10.6 Å². The van der Waals surface area contributed by atoms with Gasteiger partial charge in [0.05, 0.1) is 6.61 Å². The van der Waals surface area contributed by atoms with E-state index in [1.807, 2.05) is 0 Å². The lowest BCUT2D eigenvalue weighted by atomic mass is 10.0. The molecule has 2 fully saturated rings. The first-order valence-electron chi connectivity index (χ1n) is 5.49. The molecule has 2 atom stereocenters. The predicted molar refractivity (Wildman–Crippen MR) is 52.9 cm³/mol. The number of hydrogen-bond acceptors (Lipinski definition) is 3. The molecular formula is C10H20N2O. The van der Waals surface area contributed by atoms with E-state index in [-0.39, 0.29) is 0 Å². The molecule has 76 valence electrons. The molecule has 0 aliphatic carbocycles. The normalized spacial score (nSPS) is 36.0. The van der Waals surface area contributed by atoms with Gasteiger partial charge in [-0.05, 0) is 32.2 Å². The number of nitrogens with one attached hydrogen (secondary N) is 2. The van der Waals surface area contributed by atoms with Crippen LogP contribution in [0.15, 0.2) is 0 Å². The van der Waals surface area contributed by atoms with Crippen molar-refractivity contribution in [1.29, 1.82) is 0 Å². The van der Waals surface area contributed by atoms with E-state index in [0.717, 1.165) is 19.8 Å². The highest BCUT2D eigenvalue weighted by Gasteiger charge is 2.19. The Balaban J connectivity index is 1.69. The largest absolute Gasteiger partial charge is 0.380 e. The van der Waals surface area contributed by atoms with Gasteiger partial charge in [-0.25, -0.2) is 0 Å². The molecular weight excluding hydrogens is 164 g/mol. The molecule has 2 rings (SSSR count). The van der Waals surface area contributed by atoms with Gasteiger partial charge in [0.15, 0.2) is 0 Å². The molecule has 0 aromatic heterocycles. The van der Waals surface area contributed by atoms with Gasteiger partial charge >= 0.3 is 0 Å². The minimum atomic E-state index is 0.610. The molecule has 0 bridgehead atoms. The monoisotopic (exact) mass is 184 g/mol. The van der Waals surface area contributed by atoms with Crippen LogP contribution in [0.5, 0.6) is 0 Å². The summed E-state index contributed by atoms with van der Waals surface area (Å²) in [6, 6.07) is 1.29. The van der Waals surface area contributed by atoms with Crippen molar-refractivity contribution in [3.8, 4) is 0 Å². The second kappa shape index (κ2) is 4.94. The first-order valence-corrected chi connectivity index (χ1v) is 5.49. The maximum absolute atomic E-state index is 5.44. The first-order chi connectivity index (χ1) is 6.45. The fraction of sp³-hybridized carbons (Fsp3) is 1.00. The number of piperidine rings is 1. The molecule has 0 saturated carbocycles. The van der Waals surface area contributed by atoms with Gasteiger partial charge in [0, 0.05) is 25.2 Å². The van der Waals surface area contributed by atoms with Crippen LogP contribution in [0.1, 0.15) is 25.7 Å². The van der Waals surface area contributed by atoms with Gasteiger partial charge in [0.1, 0.15) is 0 Å². The molecule has 0 spiro atoms. The minimum absolute atomic E-state index is 0.610. The standard InChI is InChI=1S/C10H20N2O/c1-3-9(7-11-5-1)12-10-4-2-6-13-8-10/h9-12H,1-8H2. The van der Waals surface area contributed by atoms with Crippen LogP contribution < -0.4 is 10.6 Å². The van der Waals surface area contributed by atoms with Crippen molar-refractivity contribution < 1.29 is 4.74 Å². The van der Waals surface area contributed by atoms with Crippen LogP contribution in [0.3, 0.4) is 0 Å². The summed E-state index contributed by atoms with van der Waals surface area (Å²) < 4.78 is 5.44. The summed E-state index contributed by atoms with van der Waals surface area (Å²) in [5, 5.41) is 7.09. The molecule has 13 heavy (non-hydrogen) atoms. The summed E-state index contributed by atoms with van der Waals surface area (Å²) in [7, 11) is 0. The van der Waals surface area contributed by atoms with Crippen LogP contribution >= 0.6 is 0 Å². The van der Waals surface area contributed by atoms with Gasteiger partial charge < -0.3 is 15.4 Å². The SMILES string of the molecule is C1CNCC(NC2CCCOC2)C1. The lowest BCUT2D eigenvalue weighted by Crippen LogP contribution is -2.49. The van der Waals surface area contributed by atoms with Gasteiger partial charge in [-0.15, -0.1) is 0 Å². The van der Waals surface area contributed by atoms with Crippen LogP contribution in [-0.4, -0.2) is 38.4 Å². The second-order valence-electron chi connectivity index (χ2n) is 4.12. The van der Waals surface area contributed by atoms with E-state index in [4.69, 9.17) is 4.74 Å². The van der Waals surface area contributed by atoms with Crippen molar-refractivity contribution >= 4 is 0 Å². The number of rotatable bonds is 2. The van der Waals surface area contributed by atoms with Crippen molar-refractivity contribution in [2.75, 3.05) is 26.3 Å². The smallest absolute Gasteiger partial charge is 0.0619 e. The van der Waals surface area contributed by atoms with E-state index in [1.165, 1.54) is 32.2 Å². The summed E-state index contributed by atoms with van der Waals surface area (Å²) in [6.07, 6.45) is 5.14. The van der Waals surface area contributed by atoms with Crippen LogP contribution in [0.25, 0.3) is 0 Å². The minimum Gasteiger partial charge on any atom is -0.380 e. The van der Waals surface area contributed by atoms with Gasteiger partial charge in [-0.2, -0.15) is 0 Å². The Morgan fingerprint density at radius 2 is 2.08 bits per heavy atom. The lowest BCUT2D eigenvalue weighted by molar-refractivity contribution is 0.0650. The summed E-state index contributed by atoms with van der Waals surface area (Å²) in [5.41, 5.74) is 0. The fourth-order valence-corrected chi connectivity index (χ4v) is 2.20. The zero-order chi connectivity index (χ0) is 8.93. The van der Waals surface area contributed by atoms with Crippen LogP contribution in [0, 0.1) is 0 Å². The maximum atomic E-state index is 5.44. The first kappa shape index (κ1) is 9.44. The molecule has 2 aliphatic rings. The van der Waals surface area contributed by atoms with E-state index >= 15 is 0 Å². The molecule has 3 nitrogen and oxygen atoms in total. The van der Waals surface area contributed by atoms with Crippen LogP contribution in [-0.2, 0) is 4.74 Å².